The van der Waals surface area contributed by atoms with Crippen LogP contribution in [0.1, 0.15) is 22.1 Å². The van der Waals surface area contributed by atoms with Crippen LogP contribution in [-0.4, -0.2) is 26.2 Å². The molecule has 0 atom stereocenters. The van der Waals surface area contributed by atoms with Gasteiger partial charge in [-0.2, -0.15) is 4.98 Å². The van der Waals surface area contributed by atoms with Crippen molar-refractivity contribution in [3.8, 4) is 0 Å². The van der Waals surface area contributed by atoms with Crippen molar-refractivity contribution in [2.24, 2.45) is 0 Å². The zero-order valence-corrected chi connectivity index (χ0v) is 9.77. The number of hydrogen-bond donors (Lipinski definition) is 1. The lowest BCUT2D eigenvalue weighted by molar-refractivity contribution is 0.0696. The minimum absolute atomic E-state index is 0.169. The van der Waals surface area contributed by atoms with E-state index in [1.54, 1.807) is 13.0 Å². The second kappa shape index (κ2) is 4.96. The number of carboxylic acid groups (broad SMARTS) is 1. The van der Waals surface area contributed by atoms with Gasteiger partial charge in [-0.3, -0.25) is 0 Å². The molecule has 0 radical (unpaired) electrons. The number of aryl methyl sites for hydroxylation is 1. The number of hydrogen-bond acceptors (Lipinski definition) is 6. The van der Waals surface area contributed by atoms with Gasteiger partial charge in [-0.15, -0.1) is 0 Å². The van der Waals surface area contributed by atoms with E-state index >= 15 is 0 Å². The standard InChI is InChI=1S/C10H9N3O3S/c1-6-12-8(16-13-6)5-17-9-3-2-7(4-11-9)10(14)15/h2-4H,5H2,1H3,(H,14,15). The van der Waals surface area contributed by atoms with Crippen LogP contribution < -0.4 is 0 Å². The molecule has 2 aromatic heterocycles. The summed E-state index contributed by atoms with van der Waals surface area (Å²) in [6.45, 7) is 1.75. The molecule has 0 aliphatic heterocycles. The molecule has 0 aliphatic carbocycles. The Morgan fingerprint density at radius 1 is 1.53 bits per heavy atom. The fraction of sp³-hybridized carbons (Fsp3) is 0.200. The minimum atomic E-state index is -0.985. The molecule has 0 unspecified atom stereocenters. The topological polar surface area (TPSA) is 89.1 Å². The van der Waals surface area contributed by atoms with Gasteiger partial charge in [-0.1, -0.05) is 16.9 Å². The summed E-state index contributed by atoms with van der Waals surface area (Å²) in [5, 5.41) is 13.1. The van der Waals surface area contributed by atoms with E-state index in [9.17, 15) is 4.79 Å². The molecule has 0 bridgehead atoms. The Kier molecular flexibility index (Phi) is 3.38. The zero-order chi connectivity index (χ0) is 12.3. The van der Waals surface area contributed by atoms with Gasteiger partial charge in [-0.05, 0) is 19.1 Å². The van der Waals surface area contributed by atoms with Crippen molar-refractivity contribution in [1.29, 1.82) is 0 Å². The quantitative estimate of drug-likeness (QED) is 0.828. The Balaban J connectivity index is 1.97. The van der Waals surface area contributed by atoms with Gasteiger partial charge < -0.3 is 9.63 Å². The Morgan fingerprint density at radius 3 is 2.88 bits per heavy atom. The Labute approximate surface area is 101 Å². The van der Waals surface area contributed by atoms with Gasteiger partial charge in [0.1, 0.15) is 0 Å². The molecule has 2 heterocycles. The Bertz CT molecular complexity index is 524. The molecular formula is C10H9N3O3S. The minimum Gasteiger partial charge on any atom is -0.478 e. The zero-order valence-electron chi connectivity index (χ0n) is 8.95. The average molecular weight is 251 g/mol. The maximum Gasteiger partial charge on any atom is 0.337 e. The monoisotopic (exact) mass is 251 g/mol. The van der Waals surface area contributed by atoms with Crippen molar-refractivity contribution in [3.05, 3.63) is 35.6 Å². The van der Waals surface area contributed by atoms with Crippen molar-refractivity contribution >= 4 is 17.7 Å². The highest BCUT2D eigenvalue weighted by atomic mass is 32.2. The summed E-state index contributed by atoms with van der Waals surface area (Å²) < 4.78 is 4.94. The third kappa shape index (κ3) is 3.04. The fourth-order valence-electron chi connectivity index (χ4n) is 1.13. The molecule has 7 heteroatoms. The highest BCUT2D eigenvalue weighted by Gasteiger charge is 2.06. The van der Waals surface area contributed by atoms with Crippen molar-refractivity contribution < 1.29 is 14.4 Å². The van der Waals surface area contributed by atoms with E-state index in [1.807, 2.05) is 0 Å². The van der Waals surface area contributed by atoms with Crippen LogP contribution in [0.4, 0.5) is 0 Å². The second-order valence-electron chi connectivity index (χ2n) is 3.21. The molecule has 0 amide bonds. The van der Waals surface area contributed by atoms with Gasteiger partial charge in [0.05, 0.1) is 16.3 Å². The Hall–Kier alpha value is -1.89. The van der Waals surface area contributed by atoms with Crippen LogP contribution in [0.3, 0.4) is 0 Å². The molecular weight excluding hydrogens is 242 g/mol. The van der Waals surface area contributed by atoms with Gasteiger partial charge in [-0.25, -0.2) is 9.78 Å². The number of thioether (sulfide) groups is 1. The summed E-state index contributed by atoms with van der Waals surface area (Å²) in [6, 6.07) is 3.16. The van der Waals surface area contributed by atoms with E-state index < -0.39 is 5.97 Å². The van der Waals surface area contributed by atoms with Crippen LogP contribution in [0.2, 0.25) is 0 Å². The SMILES string of the molecule is Cc1noc(CSc2ccc(C(=O)O)cn2)n1. The highest BCUT2D eigenvalue weighted by Crippen LogP contribution is 2.19. The molecule has 2 aromatic rings. The molecule has 6 nitrogen and oxygen atoms in total. The lowest BCUT2D eigenvalue weighted by atomic mass is 10.3. The van der Waals surface area contributed by atoms with E-state index in [-0.39, 0.29) is 5.56 Å². The molecule has 0 aliphatic rings. The Morgan fingerprint density at radius 2 is 2.35 bits per heavy atom. The number of aromatic carboxylic acids is 1. The summed E-state index contributed by atoms with van der Waals surface area (Å²) >= 11 is 1.41. The van der Waals surface area contributed by atoms with Gasteiger partial charge in [0.15, 0.2) is 5.82 Å². The van der Waals surface area contributed by atoms with Crippen molar-refractivity contribution in [1.82, 2.24) is 15.1 Å². The van der Waals surface area contributed by atoms with Crippen LogP contribution in [0, 0.1) is 6.92 Å². The maximum absolute atomic E-state index is 10.6. The lowest BCUT2D eigenvalue weighted by Crippen LogP contribution is -1.96. The van der Waals surface area contributed by atoms with Crippen LogP contribution >= 0.6 is 11.8 Å². The van der Waals surface area contributed by atoms with E-state index in [1.165, 1.54) is 24.0 Å². The molecule has 0 spiro atoms. The molecule has 1 N–H and O–H groups in total. The van der Waals surface area contributed by atoms with Crippen LogP contribution in [0.25, 0.3) is 0 Å². The van der Waals surface area contributed by atoms with Crippen LogP contribution in [-0.2, 0) is 5.75 Å². The summed E-state index contributed by atoms with van der Waals surface area (Å²) in [4.78, 5) is 18.7. The number of carboxylic acids is 1. The summed E-state index contributed by atoms with van der Waals surface area (Å²) in [7, 11) is 0. The molecule has 88 valence electrons. The van der Waals surface area contributed by atoms with E-state index in [0.717, 1.165) is 0 Å². The lowest BCUT2D eigenvalue weighted by Gasteiger charge is -1.98. The van der Waals surface area contributed by atoms with Crippen LogP contribution in [0.5, 0.6) is 0 Å². The molecule has 0 aromatic carbocycles. The smallest absolute Gasteiger partial charge is 0.337 e. The maximum atomic E-state index is 10.6. The first-order valence-corrected chi connectivity index (χ1v) is 5.75. The molecule has 0 saturated heterocycles. The molecule has 17 heavy (non-hydrogen) atoms. The summed E-state index contributed by atoms with van der Waals surface area (Å²) in [5.74, 6) is 0.647. The third-order valence-corrected chi connectivity index (χ3v) is 2.83. The highest BCUT2D eigenvalue weighted by molar-refractivity contribution is 7.98. The normalized spacial score (nSPS) is 10.4. The number of pyridine rings is 1. The third-order valence-electron chi connectivity index (χ3n) is 1.90. The summed E-state index contributed by atoms with van der Waals surface area (Å²) in [5.41, 5.74) is 0.169. The first-order valence-electron chi connectivity index (χ1n) is 4.76. The second-order valence-corrected chi connectivity index (χ2v) is 4.21. The summed E-state index contributed by atoms with van der Waals surface area (Å²) in [6.07, 6.45) is 1.32. The predicted molar refractivity (Wildman–Crippen MR) is 59.8 cm³/mol. The fourth-order valence-corrected chi connectivity index (χ4v) is 1.81. The van der Waals surface area contributed by atoms with Crippen molar-refractivity contribution in [2.45, 2.75) is 17.7 Å². The average Bonchev–Trinajstić information content (AvgIpc) is 2.73. The number of carbonyl (C=O) groups is 1. The molecule has 0 saturated carbocycles. The largest absolute Gasteiger partial charge is 0.478 e. The van der Waals surface area contributed by atoms with Crippen molar-refractivity contribution in [2.75, 3.05) is 0 Å². The molecule has 0 fully saturated rings. The first kappa shape index (κ1) is 11.6. The molecule has 2 rings (SSSR count). The van der Waals surface area contributed by atoms with Gasteiger partial charge in [0.2, 0.25) is 5.89 Å². The van der Waals surface area contributed by atoms with Gasteiger partial charge in [0.25, 0.3) is 0 Å². The number of nitrogens with zero attached hydrogens (tertiary/aromatic N) is 3. The number of aromatic nitrogens is 3. The van der Waals surface area contributed by atoms with E-state index in [0.29, 0.717) is 22.5 Å². The van der Waals surface area contributed by atoms with Crippen LogP contribution in [0.15, 0.2) is 27.9 Å². The number of rotatable bonds is 4. The predicted octanol–water partition coefficient (Wildman–Crippen LogP) is 1.76. The first-order chi connectivity index (χ1) is 8.15. The van der Waals surface area contributed by atoms with Crippen molar-refractivity contribution in [3.63, 3.8) is 0 Å². The van der Waals surface area contributed by atoms with E-state index in [2.05, 4.69) is 15.1 Å². The van der Waals surface area contributed by atoms with Gasteiger partial charge in [0, 0.05) is 6.20 Å². The van der Waals surface area contributed by atoms with Gasteiger partial charge >= 0.3 is 5.97 Å². The van der Waals surface area contributed by atoms with E-state index in [4.69, 9.17) is 9.63 Å².